The number of carbonyl (C=O) groups is 1. The first kappa shape index (κ1) is 21.7. The molecule has 2 N–H and O–H groups in total. The number of benzene rings is 1. The fraction of sp³-hybridized carbons (Fsp3) is 0.579. The van der Waals surface area contributed by atoms with E-state index in [-0.39, 0.29) is 41.3 Å². The van der Waals surface area contributed by atoms with Gasteiger partial charge in [0.05, 0.1) is 0 Å². The number of hydrogen-bond donors (Lipinski definition) is 2. The van der Waals surface area contributed by atoms with Crippen LogP contribution < -0.4 is 10.6 Å². The number of nitrogens with one attached hydrogen (secondary N) is 2. The van der Waals surface area contributed by atoms with Crippen molar-refractivity contribution < 1.29 is 4.79 Å². The Kier molecular flexibility index (Phi) is 8.68. The number of hydrogen-bond acceptors (Lipinski definition) is 2. The zero-order chi connectivity index (χ0) is 17.6. The quantitative estimate of drug-likeness (QED) is 0.406. The molecule has 1 aromatic carbocycles. The molecule has 1 aromatic rings. The van der Waals surface area contributed by atoms with Gasteiger partial charge in [0.25, 0.3) is 0 Å². The molecule has 25 heavy (non-hydrogen) atoms. The fourth-order valence-corrected chi connectivity index (χ4v) is 3.01. The van der Waals surface area contributed by atoms with E-state index in [2.05, 4.69) is 53.7 Å². The first-order valence-corrected chi connectivity index (χ1v) is 8.76. The Morgan fingerprint density at radius 2 is 2.00 bits per heavy atom. The standard InChI is InChI=1S/C19H30N4O.HI/c1-5-17(24)23-12-11-16(13-23)22-18(20-4)21-14-19(2,3)15-9-7-6-8-10-15;/h6-10,16H,5,11-14H2,1-4H3,(H2,20,21,22);1H. The van der Waals surface area contributed by atoms with Crippen LogP contribution in [0.3, 0.4) is 0 Å². The van der Waals surface area contributed by atoms with E-state index in [4.69, 9.17) is 0 Å². The summed E-state index contributed by atoms with van der Waals surface area (Å²) in [5.41, 5.74) is 1.31. The van der Waals surface area contributed by atoms with E-state index in [1.165, 1.54) is 5.56 Å². The van der Waals surface area contributed by atoms with Gasteiger partial charge in [-0.05, 0) is 12.0 Å². The molecule has 0 aliphatic carbocycles. The molecule has 140 valence electrons. The average Bonchev–Trinajstić information content (AvgIpc) is 3.07. The summed E-state index contributed by atoms with van der Waals surface area (Å²) in [4.78, 5) is 18.0. The molecule has 1 saturated heterocycles. The molecule has 0 aromatic heterocycles. The number of halogens is 1. The Labute approximate surface area is 168 Å². The largest absolute Gasteiger partial charge is 0.356 e. The summed E-state index contributed by atoms with van der Waals surface area (Å²) in [7, 11) is 1.79. The summed E-state index contributed by atoms with van der Waals surface area (Å²) in [6, 6.07) is 10.8. The van der Waals surface area contributed by atoms with Crippen LogP contribution in [-0.4, -0.2) is 49.5 Å². The Morgan fingerprint density at radius 3 is 2.60 bits per heavy atom. The lowest BCUT2D eigenvalue weighted by Crippen LogP contribution is -2.48. The van der Waals surface area contributed by atoms with Crippen LogP contribution in [0.4, 0.5) is 0 Å². The van der Waals surface area contributed by atoms with Gasteiger partial charge in [-0.1, -0.05) is 51.1 Å². The van der Waals surface area contributed by atoms with Crippen molar-refractivity contribution in [2.75, 3.05) is 26.7 Å². The molecule has 6 heteroatoms. The second kappa shape index (κ2) is 9.99. The zero-order valence-corrected chi connectivity index (χ0v) is 18.0. The maximum atomic E-state index is 11.8. The molecule has 1 amide bonds. The van der Waals surface area contributed by atoms with Crippen molar-refractivity contribution in [1.82, 2.24) is 15.5 Å². The zero-order valence-electron chi connectivity index (χ0n) is 15.7. The van der Waals surface area contributed by atoms with Crippen molar-refractivity contribution in [3.63, 3.8) is 0 Å². The molecular weight excluding hydrogens is 427 g/mol. The number of guanidine groups is 1. The molecular formula is C19H31IN4O. The van der Waals surface area contributed by atoms with Crippen molar-refractivity contribution >= 4 is 35.8 Å². The highest BCUT2D eigenvalue weighted by Gasteiger charge is 2.26. The lowest BCUT2D eigenvalue weighted by molar-refractivity contribution is -0.129. The molecule has 1 heterocycles. The number of amides is 1. The molecule has 5 nitrogen and oxygen atoms in total. The minimum atomic E-state index is 0. The van der Waals surface area contributed by atoms with E-state index < -0.39 is 0 Å². The van der Waals surface area contributed by atoms with Crippen LogP contribution >= 0.6 is 24.0 Å². The Balaban J connectivity index is 0.00000312. The van der Waals surface area contributed by atoms with Gasteiger partial charge in [-0.2, -0.15) is 0 Å². The van der Waals surface area contributed by atoms with Crippen molar-refractivity contribution in [3.8, 4) is 0 Å². The van der Waals surface area contributed by atoms with Crippen molar-refractivity contribution in [3.05, 3.63) is 35.9 Å². The Bertz CT molecular complexity index is 574. The molecule has 1 unspecified atom stereocenters. The number of rotatable bonds is 5. The molecule has 1 aliphatic heterocycles. The van der Waals surface area contributed by atoms with E-state index in [0.29, 0.717) is 6.42 Å². The van der Waals surface area contributed by atoms with Crippen molar-refractivity contribution in [1.29, 1.82) is 0 Å². The summed E-state index contributed by atoms with van der Waals surface area (Å²) in [5, 5.41) is 6.87. The maximum Gasteiger partial charge on any atom is 0.222 e. The van der Waals surface area contributed by atoms with Crippen LogP contribution in [0, 0.1) is 0 Å². The molecule has 0 radical (unpaired) electrons. The van der Waals surface area contributed by atoms with E-state index in [1.54, 1.807) is 7.05 Å². The van der Waals surface area contributed by atoms with Gasteiger partial charge < -0.3 is 15.5 Å². The lowest BCUT2D eigenvalue weighted by Gasteiger charge is -2.27. The van der Waals surface area contributed by atoms with Gasteiger partial charge in [0, 0.05) is 44.6 Å². The number of likely N-dealkylation sites (tertiary alicyclic amines) is 1. The van der Waals surface area contributed by atoms with Crippen LogP contribution in [0.1, 0.15) is 39.2 Å². The van der Waals surface area contributed by atoms with Crippen molar-refractivity contribution in [2.24, 2.45) is 4.99 Å². The first-order chi connectivity index (χ1) is 11.5. The summed E-state index contributed by atoms with van der Waals surface area (Å²) < 4.78 is 0. The average molecular weight is 458 g/mol. The summed E-state index contributed by atoms with van der Waals surface area (Å²) in [5.74, 6) is 1.03. The number of aliphatic imine (C=N–C) groups is 1. The van der Waals surface area contributed by atoms with Gasteiger partial charge in [-0.15, -0.1) is 24.0 Å². The summed E-state index contributed by atoms with van der Waals surface area (Å²) in [6.45, 7) is 8.74. The highest BCUT2D eigenvalue weighted by molar-refractivity contribution is 14.0. The van der Waals surface area contributed by atoms with Crippen molar-refractivity contribution in [2.45, 2.75) is 45.1 Å². The molecule has 0 spiro atoms. The maximum absolute atomic E-state index is 11.8. The predicted octanol–water partition coefficient (Wildman–Crippen LogP) is 2.76. The lowest BCUT2D eigenvalue weighted by atomic mass is 9.85. The Hall–Kier alpha value is -1.31. The van der Waals surface area contributed by atoms with Crippen LogP contribution in [-0.2, 0) is 10.2 Å². The van der Waals surface area contributed by atoms with Gasteiger partial charge in [0.1, 0.15) is 0 Å². The number of nitrogens with zero attached hydrogens (tertiary/aromatic N) is 2. The van der Waals surface area contributed by atoms with Gasteiger partial charge in [0.2, 0.25) is 5.91 Å². The van der Waals surface area contributed by atoms with E-state index in [1.807, 2.05) is 17.9 Å². The molecule has 1 fully saturated rings. The SMILES string of the molecule is CCC(=O)N1CCC(NC(=NC)NCC(C)(C)c2ccccc2)C1.I. The van der Waals surface area contributed by atoms with Crippen LogP contribution in [0.5, 0.6) is 0 Å². The highest BCUT2D eigenvalue weighted by Crippen LogP contribution is 2.21. The molecule has 1 aliphatic rings. The fourth-order valence-electron chi connectivity index (χ4n) is 3.01. The van der Waals surface area contributed by atoms with Crippen LogP contribution in [0.15, 0.2) is 35.3 Å². The monoisotopic (exact) mass is 458 g/mol. The highest BCUT2D eigenvalue weighted by atomic mass is 127. The summed E-state index contributed by atoms with van der Waals surface area (Å²) >= 11 is 0. The van der Waals surface area contributed by atoms with E-state index in [9.17, 15) is 4.79 Å². The van der Waals surface area contributed by atoms with Gasteiger partial charge >= 0.3 is 0 Å². The molecule has 2 rings (SSSR count). The Morgan fingerprint density at radius 1 is 1.32 bits per heavy atom. The smallest absolute Gasteiger partial charge is 0.222 e. The van der Waals surface area contributed by atoms with Crippen LogP contribution in [0.25, 0.3) is 0 Å². The minimum Gasteiger partial charge on any atom is -0.356 e. The topological polar surface area (TPSA) is 56.7 Å². The number of carbonyl (C=O) groups excluding carboxylic acids is 1. The summed E-state index contributed by atoms with van der Waals surface area (Å²) in [6.07, 6.45) is 1.54. The third-order valence-electron chi connectivity index (χ3n) is 4.66. The minimum absolute atomic E-state index is 0. The van der Waals surface area contributed by atoms with Gasteiger partial charge in [-0.3, -0.25) is 9.79 Å². The molecule has 0 saturated carbocycles. The van der Waals surface area contributed by atoms with E-state index >= 15 is 0 Å². The first-order valence-electron chi connectivity index (χ1n) is 8.76. The van der Waals surface area contributed by atoms with Crippen LogP contribution in [0.2, 0.25) is 0 Å². The van der Waals surface area contributed by atoms with E-state index in [0.717, 1.165) is 32.0 Å². The molecule has 1 atom stereocenters. The predicted molar refractivity (Wildman–Crippen MR) is 115 cm³/mol. The molecule has 0 bridgehead atoms. The van der Waals surface area contributed by atoms with Gasteiger partial charge in [0.15, 0.2) is 5.96 Å². The third kappa shape index (κ3) is 6.17. The third-order valence-corrected chi connectivity index (χ3v) is 4.66. The van der Waals surface area contributed by atoms with Gasteiger partial charge in [-0.25, -0.2) is 0 Å². The second-order valence-electron chi connectivity index (χ2n) is 7.00. The normalized spacial score (nSPS) is 17.8. The second-order valence-corrected chi connectivity index (χ2v) is 7.00.